The lowest BCUT2D eigenvalue weighted by Gasteiger charge is -2.34. The summed E-state index contributed by atoms with van der Waals surface area (Å²) in [5.41, 5.74) is 1.75. The molecule has 0 aromatic heterocycles. The molecule has 1 saturated carbocycles. The Morgan fingerprint density at radius 3 is 2.19 bits per heavy atom. The molecule has 2 rings (SSSR count). The van der Waals surface area contributed by atoms with E-state index in [1.165, 1.54) is 6.92 Å². The molecule has 0 aliphatic heterocycles. The SMILES string of the molecule is CC(=O)c1ccc(NC(=O)NC2CCC(C)(C)CC2)cc1. The average molecular weight is 288 g/mol. The number of hydrogen-bond acceptors (Lipinski definition) is 2. The van der Waals surface area contributed by atoms with Crippen molar-refractivity contribution in [3.63, 3.8) is 0 Å². The predicted molar refractivity (Wildman–Crippen MR) is 84.6 cm³/mol. The first-order valence-electron chi connectivity index (χ1n) is 7.54. The van der Waals surface area contributed by atoms with Gasteiger partial charge < -0.3 is 10.6 Å². The molecule has 1 aromatic carbocycles. The minimum Gasteiger partial charge on any atom is -0.335 e. The number of anilines is 1. The van der Waals surface area contributed by atoms with E-state index in [0.29, 0.717) is 16.7 Å². The van der Waals surface area contributed by atoms with Crippen LogP contribution in [0.15, 0.2) is 24.3 Å². The molecule has 1 aromatic rings. The van der Waals surface area contributed by atoms with E-state index in [9.17, 15) is 9.59 Å². The van der Waals surface area contributed by atoms with Crippen LogP contribution in [0.2, 0.25) is 0 Å². The second kappa shape index (κ2) is 6.29. The molecule has 1 aliphatic carbocycles. The first kappa shape index (κ1) is 15.5. The van der Waals surface area contributed by atoms with E-state index in [1.54, 1.807) is 24.3 Å². The van der Waals surface area contributed by atoms with Crippen LogP contribution >= 0.6 is 0 Å². The number of hydrogen-bond donors (Lipinski definition) is 2. The van der Waals surface area contributed by atoms with Gasteiger partial charge in [-0.25, -0.2) is 4.79 Å². The zero-order valence-corrected chi connectivity index (χ0v) is 13.0. The lowest BCUT2D eigenvalue weighted by atomic mass is 9.76. The maximum atomic E-state index is 12.0. The molecule has 2 amide bonds. The number of rotatable bonds is 3. The molecule has 114 valence electrons. The van der Waals surface area contributed by atoms with Crippen LogP contribution in [0.3, 0.4) is 0 Å². The van der Waals surface area contributed by atoms with Gasteiger partial charge in [0.2, 0.25) is 0 Å². The fourth-order valence-corrected chi connectivity index (χ4v) is 2.68. The maximum Gasteiger partial charge on any atom is 0.319 e. The van der Waals surface area contributed by atoms with Crippen molar-refractivity contribution in [1.82, 2.24) is 5.32 Å². The lowest BCUT2D eigenvalue weighted by molar-refractivity contribution is 0.101. The normalized spacial score (nSPS) is 18.0. The second-order valence-corrected chi connectivity index (χ2v) is 6.67. The van der Waals surface area contributed by atoms with Gasteiger partial charge in [0.15, 0.2) is 5.78 Å². The summed E-state index contributed by atoms with van der Waals surface area (Å²) in [6.07, 6.45) is 4.35. The highest BCUT2D eigenvalue weighted by Crippen LogP contribution is 2.34. The molecule has 4 heteroatoms. The molecule has 0 atom stereocenters. The Morgan fingerprint density at radius 2 is 1.67 bits per heavy atom. The Kier molecular flexibility index (Phi) is 4.66. The molecular weight excluding hydrogens is 264 g/mol. The van der Waals surface area contributed by atoms with Gasteiger partial charge in [-0.15, -0.1) is 0 Å². The molecule has 0 spiro atoms. The molecule has 0 saturated heterocycles. The minimum atomic E-state index is -0.171. The summed E-state index contributed by atoms with van der Waals surface area (Å²) < 4.78 is 0. The van der Waals surface area contributed by atoms with Gasteiger partial charge in [-0.3, -0.25) is 4.79 Å². The summed E-state index contributed by atoms with van der Waals surface area (Å²) in [6.45, 7) is 6.08. The minimum absolute atomic E-state index is 0.0239. The largest absolute Gasteiger partial charge is 0.335 e. The smallest absolute Gasteiger partial charge is 0.319 e. The summed E-state index contributed by atoms with van der Waals surface area (Å²) in [6, 6.07) is 7.03. The number of carbonyl (C=O) groups excluding carboxylic acids is 2. The van der Waals surface area contributed by atoms with Gasteiger partial charge in [0.05, 0.1) is 0 Å². The Hall–Kier alpha value is -1.84. The van der Waals surface area contributed by atoms with Crippen molar-refractivity contribution in [2.45, 2.75) is 52.5 Å². The number of Topliss-reactive ketones (excluding diaryl/α,β-unsaturated/α-hetero) is 1. The highest BCUT2D eigenvalue weighted by molar-refractivity contribution is 5.95. The molecule has 0 unspecified atom stereocenters. The van der Waals surface area contributed by atoms with Crippen LogP contribution < -0.4 is 10.6 Å². The van der Waals surface area contributed by atoms with Crippen molar-refractivity contribution in [3.8, 4) is 0 Å². The van der Waals surface area contributed by atoms with Crippen molar-refractivity contribution < 1.29 is 9.59 Å². The van der Waals surface area contributed by atoms with Gasteiger partial charge in [-0.05, 0) is 62.3 Å². The summed E-state index contributed by atoms with van der Waals surface area (Å²) in [4.78, 5) is 23.2. The van der Waals surface area contributed by atoms with Gasteiger partial charge in [0, 0.05) is 17.3 Å². The van der Waals surface area contributed by atoms with Gasteiger partial charge in [-0.1, -0.05) is 13.8 Å². The zero-order chi connectivity index (χ0) is 15.5. The van der Waals surface area contributed by atoms with E-state index in [1.807, 2.05) is 0 Å². The molecular formula is C17H24N2O2. The molecule has 1 aliphatic rings. The van der Waals surface area contributed by atoms with Crippen molar-refractivity contribution in [1.29, 1.82) is 0 Å². The van der Waals surface area contributed by atoms with Crippen LogP contribution in [0.5, 0.6) is 0 Å². The Labute approximate surface area is 126 Å². The monoisotopic (exact) mass is 288 g/mol. The van der Waals surface area contributed by atoms with Crippen molar-refractivity contribution in [3.05, 3.63) is 29.8 Å². The number of nitrogens with one attached hydrogen (secondary N) is 2. The fraction of sp³-hybridized carbons (Fsp3) is 0.529. The van der Waals surface area contributed by atoms with E-state index in [2.05, 4.69) is 24.5 Å². The number of urea groups is 1. The molecule has 21 heavy (non-hydrogen) atoms. The van der Waals surface area contributed by atoms with Gasteiger partial charge in [-0.2, -0.15) is 0 Å². The summed E-state index contributed by atoms with van der Waals surface area (Å²) in [5, 5.41) is 5.84. The number of amides is 2. The number of carbonyl (C=O) groups is 2. The van der Waals surface area contributed by atoms with Crippen LogP contribution in [-0.2, 0) is 0 Å². The quantitative estimate of drug-likeness (QED) is 0.826. The van der Waals surface area contributed by atoms with Crippen LogP contribution in [-0.4, -0.2) is 17.9 Å². The second-order valence-electron chi connectivity index (χ2n) is 6.67. The summed E-state index contributed by atoms with van der Waals surface area (Å²) in [5.74, 6) is 0.0239. The first-order chi connectivity index (χ1) is 9.85. The van der Waals surface area contributed by atoms with Gasteiger partial charge in [0.25, 0.3) is 0 Å². The number of ketones is 1. The van der Waals surface area contributed by atoms with Gasteiger partial charge in [0.1, 0.15) is 0 Å². The standard InChI is InChI=1S/C17H24N2O2/c1-12(20)13-4-6-14(7-5-13)18-16(21)19-15-8-10-17(2,3)11-9-15/h4-7,15H,8-11H2,1-3H3,(H2,18,19,21). The van der Waals surface area contributed by atoms with Crippen LogP contribution in [0.1, 0.15) is 56.8 Å². The highest BCUT2D eigenvalue weighted by Gasteiger charge is 2.27. The van der Waals surface area contributed by atoms with Crippen LogP contribution in [0.4, 0.5) is 10.5 Å². The first-order valence-corrected chi connectivity index (χ1v) is 7.54. The van der Waals surface area contributed by atoms with Crippen molar-refractivity contribution >= 4 is 17.5 Å². The molecule has 0 radical (unpaired) electrons. The topological polar surface area (TPSA) is 58.2 Å². The Bertz CT molecular complexity index is 510. The maximum absolute atomic E-state index is 12.0. The zero-order valence-electron chi connectivity index (χ0n) is 13.0. The molecule has 4 nitrogen and oxygen atoms in total. The average Bonchev–Trinajstić information content (AvgIpc) is 2.42. The lowest BCUT2D eigenvalue weighted by Crippen LogP contribution is -2.41. The van der Waals surface area contributed by atoms with E-state index in [4.69, 9.17) is 0 Å². The van der Waals surface area contributed by atoms with E-state index in [0.717, 1.165) is 25.7 Å². The van der Waals surface area contributed by atoms with E-state index < -0.39 is 0 Å². The van der Waals surface area contributed by atoms with E-state index in [-0.39, 0.29) is 17.9 Å². The number of benzene rings is 1. The molecule has 1 fully saturated rings. The van der Waals surface area contributed by atoms with Crippen molar-refractivity contribution in [2.75, 3.05) is 5.32 Å². The highest BCUT2D eigenvalue weighted by atomic mass is 16.2. The van der Waals surface area contributed by atoms with Crippen molar-refractivity contribution in [2.24, 2.45) is 5.41 Å². The third kappa shape index (κ3) is 4.59. The third-order valence-corrected chi connectivity index (χ3v) is 4.22. The third-order valence-electron chi connectivity index (χ3n) is 4.22. The summed E-state index contributed by atoms with van der Waals surface area (Å²) >= 11 is 0. The van der Waals surface area contributed by atoms with Crippen LogP contribution in [0, 0.1) is 5.41 Å². The summed E-state index contributed by atoms with van der Waals surface area (Å²) in [7, 11) is 0. The molecule has 2 N–H and O–H groups in total. The van der Waals surface area contributed by atoms with E-state index >= 15 is 0 Å². The molecule has 0 heterocycles. The fourth-order valence-electron chi connectivity index (χ4n) is 2.68. The van der Waals surface area contributed by atoms with Gasteiger partial charge >= 0.3 is 6.03 Å². The molecule has 0 bridgehead atoms. The Balaban J connectivity index is 1.83. The van der Waals surface area contributed by atoms with Crippen LogP contribution in [0.25, 0.3) is 0 Å². The predicted octanol–water partition coefficient (Wildman–Crippen LogP) is 3.98. The Morgan fingerprint density at radius 1 is 1.10 bits per heavy atom.